The summed E-state index contributed by atoms with van der Waals surface area (Å²) in [7, 11) is 9.10. The summed E-state index contributed by atoms with van der Waals surface area (Å²) in [6.45, 7) is 10.2. The first-order valence-corrected chi connectivity index (χ1v) is 24.2. The molecule has 0 heterocycles. The lowest BCUT2D eigenvalue weighted by atomic mass is 10.1. The number of allylic oxidation sites excluding steroid dienone is 4. The van der Waals surface area contributed by atoms with Crippen LogP contribution in [-0.2, 0) is 9.59 Å². The molecule has 0 atom stereocenters. The average Bonchev–Trinajstić information content (AvgIpc) is 3.17. The molecule has 0 radical (unpaired) electrons. The lowest BCUT2D eigenvalue weighted by molar-refractivity contribution is -0.887. The number of carbonyl (C=O) groups is 2. The molecule has 0 aromatic carbocycles. The van der Waals surface area contributed by atoms with Crippen LogP contribution in [0.15, 0.2) is 36.5 Å². The Balaban J connectivity index is -0.0000151. The lowest BCUT2D eigenvalue weighted by Gasteiger charge is -2.30. The van der Waals surface area contributed by atoms with Gasteiger partial charge in [-0.25, -0.2) is 0 Å². The fourth-order valence-electron chi connectivity index (χ4n) is 7.26. The molecule has 6 nitrogen and oxygen atoms in total. The smallest absolute Gasteiger partial charge is 0.219 e. The van der Waals surface area contributed by atoms with Crippen molar-refractivity contribution in [2.24, 2.45) is 0 Å². The molecule has 2 N–H and O–H groups in total. The van der Waals surface area contributed by atoms with E-state index in [4.69, 9.17) is 0 Å². The van der Waals surface area contributed by atoms with Crippen LogP contribution < -0.4 is 35.4 Å². The highest BCUT2D eigenvalue weighted by molar-refractivity contribution is 5.76. The molecule has 344 valence electrons. The first-order valence-electron chi connectivity index (χ1n) is 24.2. The SMILES string of the molecule is CCCCCCCC=CCCCCCCCCC(=O)NCCC[N+](C)(C)CC=CC[N+](C)(C)CCCNC(=O)CCCCCCCC=CCCCCCCCC.[Cl-].[Cl-]. The van der Waals surface area contributed by atoms with Crippen LogP contribution in [0.3, 0.4) is 0 Å². The van der Waals surface area contributed by atoms with Gasteiger partial charge in [0.25, 0.3) is 0 Å². The largest absolute Gasteiger partial charge is 1.00 e. The van der Waals surface area contributed by atoms with Crippen molar-refractivity contribution in [2.75, 3.05) is 67.5 Å². The molecular formula is C50H98Cl2N4O2. The number of nitrogens with one attached hydrogen (secondary N) is 2. The van der Waals surface area contributed by atoms with Gasteiger partial charge in [-0.1, -0.05) is 141 Å². The fourth-order valence-corrected chi connectivity index (χ4v) is 7.26. The topological polar surface area (TPSA) is 58.2 Å². The van der Waals surface area contributed by atoms with Gasteiger partial charge in [0.1, 0.15) is 0 Å². The second-order valence-electron chi connectivity index (χ2n) is 18.2. The minimum absolute atomic E-state index is 0. The summed E-state index contributed by atoms with van der Waals surface area (Å²) in [5, 5.41) is 6.30. The highest BCUT2D eigenvalue weighted by Crippen LogP contribution is 2.12. The molecule has 0 aliphatic carbocycles. The fraction of sp³-hybridized carbons (Fsp3) is 0.840. The third-order valence-corrected chi connectivity index (χ3v) is 11.2. The predicted molar refractivity (Wildman–Crippen MR) is 247 cm³/mol. The zero-order valence-corrected chi connectivity index (χ0v) is 40.9. The van der Waals surface area contributed by atoms with Crippen LogP contribution >= 0.6 is 0 Å². The van der Waals surface area contributed by atoms with E-state index in [9.17, 15) is 9.59 Å². The van der Waals surface area contributed by atoms with Crippen molar-refractivity contribution in [3.63, 3.8) is 0 Å². The number of quaternary nitrogens is 2. The van der Waals surface area contributed by atoms with Gasteiger partial charge in [-0.15, -0.1) is 0 Å². The van der Waals surface area contributed by atoms with Crippen molar-refractivity contribution in [3.05, 3.63) is 36.5 Å². The molecule has 0 unspecified atom stereocenters. The number of likely N-dealkylation sites (N-methyl/N-ethyl adjacent to an activating group) is 2. The standard InChI is InChI=1S/C50H96N4O2.2ClH/c1-7-9-11-13-15-17-19-21-23-25-27-29-31-33-35-41-49(55)51-43-39-47-53(3,4)45-37-38-46-54(5,6)48-40-44-52-50(56)42-36-34-32-30-28-26-24-22-20-18-16-14-12-10-8-2;;/h19,21-22,24,37-38H,7-18,20,23,25-36,39-48H2,1-6H3;2*1H. The van der Waals surface area contributed by atoms with Gasteiger partial charge in [0.2, 0.25) is 11.8 Å². The van der Waals surface area contributed by atoms with E-state index in [1.807, 2.05) is 0 Å². The van der Waals surface area contributed by atoms with E-state index in [0.717, 1.165) is 80.3 Å². The number of amides is 2. The van der Waals surface area contributed by atoms with E-state index in [1.165, 1.54) is 148 Å². The van der Waals surface area contributed by atoms with E-state index < -0.39 is 0 Å². The minimum Gasteiger partial charge on any atom is -1.00 e. The molecule has 8 heteroatoms. The number of carbonyl (C=O) groups excluding carboxylic acids is 2. The normalized spacial score (nSPS) is 12.0. The maximum atomic E-state index is 12.3. The van der Waals surface area contributed by atoms with Gasteiger partial charge in [0.05, 0.1) is 54.4 Å². The van der Waals surface area contributed by atoms with E-state index in [1.54, 1.807) is 0 Å². The maximum Gasteiger partial charge on any atom is 0.219 e. The van der Waals surface area contributed by atoms with Crippen molar-refractivity contribution in [3.8, 4) is 0 Å². The van der Waals surface area contributed by atoms with Crippen molar-refractivity contribution in [1.29, 1.82) is 0 Å². The molecular weight excluding hydrogens is 759 g/mol. The summed E-state index contributed by atoms with van der Waals surface area (Å²) in [6, 6.07) is 0. The molecule has 0 fully saturated rings. The molecule has 0 aromatic rings. The summed E-state index contributed by atoms with van der Waals surface area (Å²) in [5.41, 5.74) is 0. The van der Waals surface area contributed by atoms with Crippen molar-refractivity contribution >= 4 is 11.8 Å². The zero-order valence-electron chi connectivity index (χ0n) is 39.4. The van der Waals surface area contributed by atoms with E-state index >= 15 is 0 Å². The molecule has 0 rings (SSSR count). The van der Waals surface area contributed by atoms with Crippen LogP contribution in [0.5, 0.6) is 0 Å². The number of rotatable bonds is 42. The molecule has 0 aliphatic heterocycles. The highest BCUT2D eigenvalue weighted by Gasteiger charge is 2.15. The third-order valence-electron chi connectivity index (χ3n) is 11.2. The zero-order chi connectivity index (χ0) is 41.3. The molecule has 0 saturated carbocycles. The Kier molecular flexibility index (Phi) is 47.5. The Labute approximate surface area is 374 Å². The minimum atomic E-state index is 0. The Hall–Kier alpha value is -1.34. The summed E-state index contributed by atoms with van der Waals surface area (Å²) in [5.74, 6) is 0.430. The molecule has 0 spiro atoms. The van der Waals surface area contributed by atoms with Gasteiger partial charge >= 0.3 is 0 Å². The molecule has 58 heavy (non-hydrogen) atoms. The summed E-state index contributed by atoms with van der Waals surface area (Å²) in [4.78, 5) is 24.6. The number of hydrogen-bond donors (Lipinski definition) is 2. The van der Waals surface area contributed by atoms with Gasteiger partial charge in [0.15, 0.2) is 0 Å². The van der Waals surface area contributed by atoms with Crippen LogP contribution in [0.4, 0.5) is 0 Å². The summed E-state index contributed by atoms with van der Waals surface area (Å²) in [6.07, 6.45) is 50.8. The first kappa shape index (κ1) is 61.0. The van der Waals surface area contributed by atoms with E-state index in [-0.39, 0.29) is 36.6 Å². The van der Waals surface area contributed by atoms with Crippen LogP contribution in [0.1, 0.15) is 206 Å². The second-order valence-corrected chi connectivity index (χ2v) is 18.2. The van der Waals surface area contributed by atoms with Crippen LogP contribution in [-0.4, -0.2) is 88.2 Å². The van der Waals surface area contributed by atoms with Crippen molar-refractivity contribution in [2.45, 2.75) is 206 Å². The Morgan fingerprint density at radius 3 is 0.966 bits per heavy atom. The van der Waals surface area contributed by atoms with Gasteiger partial charge in [-0.2, -0.15) is 0 Å². The average molecular weight is 858 g/mol. The number of hydrogen-bond acceptors (Lipinski definition) is 2. The van der Waals surface area contributed by atoms with Crippen LogP contribution in [0.25, 0.3) is 0 Å². The second kappa shape index (κ2) is 45.2. The number of halogens is 2. The van der Waals surface area contributed by atoms with Crippen molar-refractivity contribution < 1.29 is 43.4 Å². The van der Waals surface area contributed by atoms with E-state index in [2.05, 4.69) is 89.1 Å². The molecule has 0 bridgehead atoms. The van der Waals surface area contributed by atoms with Gasteiger partial charge < -0.3 is 44.4 Å². The van der Waals surface area contributed by atoms with Crippen molar-refractivity contribution in [1.82, 2.24) is 10.6 Å². The summed E-state index contributed by atoms with van der Waals surface area (Å²) >= 11 is 0. The molecule has 0 saturated heterocycles. The Bertz CT molecular complexity index is 983. The first-order chi connectivity index (χ1) is 27.1. The summed E-state index contributed by atoms with van der Waals surface area (Å²) < 4.78 is 1.86. The van der Waals surface area contributed by atoms with E-state index in [0.29, 0.717) is 12.8 Å². The van der Waals surface area contributed by atoms with Crippen LogP contribution in [0, 0.1) is 0 Å². The molecule has 0 aromatic heterocycles. The lowest BCUT2D eigenvalue weighted by Crippen LogP contribution is -3.00. The molecule has 2 amide bonds. The predicted octanol–water partition coefficient (Wildman–Crippen LogP) is 6.79. The van der Waals surface area contributed by atoms with Gasteiger partial charge in [0, 0.05) is 38.8 Å². The van der Waals surface area contributed by atoms with Gasteiger partial charge in [-0.05, 0) is 76.4 Å². The molecule has 0 aliphatic rings. The third kappa shape index (κ3) is 47.3. The van der Waals surface area contributed by atoms with Crippen LogP contribution in [0.2, 0.25) is 0 Å². The monoisotopic (exact) mass is 857 g/mol. The number of nitrogens with zero attached hydrogens (tertiary/aromatic N) is 2. The Morgan fingerprint density at radius 2 is 0.655 bits per heavy atom. The highest BCUT2D eigenvalue weighted by atomic mass is 35.5. The number of unbranched alkanes of at least 4 members (excludes halogenated alkanes) is 22. The quantitative estimate of drug-likeness (QED) is 0.0404. The Morgan fingerprint density at radius 1 is 0.379 bits per heavy atom. The van der Waals surface area contributed by atoms with Gasteiger partial charge in [-0.3, -0.25) is 9.59 Å². The maximum absolute atomic E-state index is 12.3.